The number of amides is 2. The van der Waals surface area contributed by atoms with Gasteiger partial charge in [0.2, 0.25) is 0 Å². The van der Waals surface area contributed by atoms with Crippen LogP contribution in [0.1, 0.15) is 44.5 Å². The van der Waals surface area contributed by atoms with Gasteiger partial charge in [0.05, 0.1) is 33.1 Å². The maximum atomic E-state index is 13.1. The van der Waals surface area contributed by atoms with Crippen LogP contribution in [-0.4, -0.2) is 28.6 Å². The van der Waals surface area contributed by atoms with Crippen molar-refractivity contribution in [3.8, 4) is 11.3 Å². The Balaban J connectivity index is 1.34. The quantitative estimate of drug-likeness (QED) is 0.259. The summed E-state index contributed by atoms with van der Waals surface area (Å²) in [5.41, 5.74) is 4.25. The average molecular weight is 554 g/mol. The zero-order valence-electron chi connectivity index (χ0n) is 21.6. The number of hydrogen-bond acceptors (Lipinski definition) is 5. The van der Waals surface area contributed by atoms with Crippen molar-refractivity contribution in [3.63, 3.8) is 0 Å². The van der Waals surface area contributed by atoms with Crippen molar-refractivity contribution in [2.24, 2.45) is 5.10 Å². The summed E-state index contributed by atoms with van der Waals surface area (Å²) in [4.78, 5) is 37.3. The Kier molecular flexibility index (Phi) is 7.35. The molecule has 1 aromatic heterocycles. The highest BCUT2D eigenvalue weighted by Gasteiger charge is 2.29. The van der Waals surface area contributed by atoms with Gasteiger partial charge >= 0.3 is 5.97 Å². The van der Waals surface area contributed by atoms with Crippen LogP contribution in [-0.2, 0) is 11.3 Å². The Bertz CT molecular complexity index is 1700. The van der Waals surface area contributed by atoms with Gasteiger partial charge in [-0.05, 0) is 74.0 Å². The number of carboxylic acid groups (broad SMARTS) is 1. The topological polar surface area (TPSA) is 112 Å². The van der Waals surface area contributed by atoms with Crippen molar-refractivity contribution in [1.82, 2.24) is 5.32 Å². The molecule has 0 fully saturated rings. The minimum atomic E-state index is -1.10. The lowest BCUT2D eigenvalue weighted by Gasteiger charge is -2.12. The highest BCUT2D eigenvalue weighted by molar-refractivity contribution is 6.34. The molecule has 0 bridgehead atoms. The molecule has 0 aliphatic carbocycles. The van der Waals surface area contributed by atoms with Crippen molar-refractivity contribution in [2.75, 3.05) is 5.01 Å². The van der Waals surface area contributed by atoms with Crippen LogP contribution >= 0.6 is 11.6 Å². The lowest BCUT2D eigenvalue weighted by Crippen LogP contribution is -2.23. The van der Waals surface area contributed by atoms with E-state index in [1.165, 1.54) is 12.1 Å². The molecule has 1 aliphatic heterocycles. The number of carbonyl (C=O) groups excluding carboxylic acids is 2. The predicted octanol–water partition coefficient (Wildman–Crippen LogP) is 6.34. The molecule has 0 unspecified atom stereocenters. The molecule has 200 valence electrons. The number of nitrogens with zero attached hydrogens (tertiary/aromatic N) is 2. The summed E-state index contributed by atoms with van der Waals surface area (Å²) in [7, 11) is 0. The molecule has 40 heavy (non-hydrogen) atoms. The van der Waals surface area contributed by atoms with Gasteiger partial charge in [0.25, 0.3) is 11.8 Å². The Labute approximate surface area is 235 Å². The first kappa shape index (κ1) is 26.6. The van der Waals surface area contributed by atoms with Crippen molar-refractivity contribution in [1.29, 1.82) is 0 Å². The van der Waals surface area contributed by atoms with Gasteiger partial charge in [-0.3, -0.25) is 9.59 Å². The predicted molar refractivity (Wildman–Crippen MR) is 153 cm³/mol. The zero-order valence-corrected chi connectivity index (χ0v) is 22.4. The van der Waals surface area contributed by atoms with Crippen LogP contribution in [0.2, 0.25) is 5.02 Å². The van der Waals surface area contributed by atoms with Gasteiger partial charge in [-0.2, -0.15) is 10.1 Å². The highest BCUT2D eigenvalue weighted by Crippen LogP contribution is 2.30. The van der Waals surface area contributed by atoms with Crippen LogP contribution in [0.3, 0.4) is 0 Å². The van der Waals surface area contributed by atoms with Crippen LogP contribution in [0.5, 0.6) is 0 Å². The van der Waals surface area contributed by atoms with Crippen LogP contribution in [0.4, 0.5) is 5.69 Å². The second-order valence-electron chi connectivity index (χ2n) is 9.28. The fourth-order valence-electron chi connectivity index (χ4n) is 4.19. The van der Waals surface area contributed by atoms with E-state index in [2.05, 4.69) is 10.4 Å². The molecule has 0 atom stereocenters. The molecule has 5 rings (SSSR count). The molecule has 4 aromatic rings. The Morgan fingerprint density at radius 1 is 1.02 bits per heavy atom. The van der Waals surface area contributed by atoms with E-state index >= 15 is 0 Å². The standard InChI is InChI=1S/C31H24ClN3O5/c1-18-6-8-20(9-7-18)17-33-29(36)26-15-21(10-12-27(26)32)28-13-11-24(40-28)16-25-19(2)34-35(30(25)37)23-5-3-4-22(14-23)31(38)39/h3-16H,17H2,1-2H3,(H,33,36)(H,38,39)/b25-16-. The fraction of sp³-hybridized carbons (Fsp3) is 0.0968. The second kappa shape index (κ2) is 11.0. The van der Waals surface area contributed by atoms with E-state index in [9.17, 15) is 19.5 Å². The normalized spacial score (nSPS) is 14.0. The van der Waals surface area contributed by atoms with Crippen LogP contribution in [0.25, 0.3) is 17.4 Å². The second-order valence-corrected chi connectivity index (χ2v) is 9.69. The number of aromatic carboxylic acids is 1. The third kappa shape index (κ3) is 5.57. The maximum Gasteiger partial charge on any atom is 0.335 e. The van der Waals surface area contributed by atoms with E-state index in [4.69, 9.17) is 16.0 Å². The average Bonchev–Trinajstić information content (AvgIpc) is 3.53. The van der Waals surface area contributed by atoms with Gasteiger partial charge in [0, 0.05) is 12.1 Å². The van der Waals surface area contributed by atoms with Gasteiger partial charge in [0.1, 0.15) is 11.5 Å². The smallest absolute Gasteiger partial charge is 0.335 e. The number of halogens is 1. The molecule has 8 nitrogen and oxygen atoms in total. The summed E-state index contributed by atoms with van der Waals surface area (Å²) < 4.78 is 5.98. The highest BCUT2D eigenvalue weighted by atomic mass is 35.5. The molecule has 2 heterocycles. The molecule has 9 heteroatoms. The number of furan rings is 1. The van der Waals surface area contributed by atoms with Crippen LogP contribution in [0.15, 0.2) is 94.0 Å². The number of anilines is 1. The van der Waals surface area contributed by atoms with Gasteiger partial charge in [-0.25, -0.2) is 4.79 Å². The fourth-order valence-corrected chi connectivity index (χ4v) is 4.40. The minimum absolute atomic E-state index is 0.0532. The van der Waals surface area contributed by atoms with E-state index in [1.807, 2.05) is 31.2 Å². The lowest BCUT2D eigenvalue weighted by molar-refractivity contribution is -0.114. The first-order chi connectivity index (χ1) is 19.2. The Morgan fingerprint density at radius 2 is 1.80 bits per heavy atom. The van der Waals surface area contributed by atoms with Crippen molar-refractivity contribution >= 4 is 46.9 Å². The zero-order chi connectivity index (χ0) is 28.4. The summed E-state index contributed by atoms with van der Waals surface area (Å²) in [5.74, 6) is -0.910. The molecule has 0 spiro atoms. The van der Waals surface area contributed by atoms with E-state index < -0.39 is 11.9 Å². The summed E-state index contributed by atoms with van der Waals surface area (Å²) in [6.07, 6.45) is 1.58. The summed E-state index contributed by atoms with van der Waals surface area (Å²) in [6, 6.07) is 22.4. The number of benzene rings is 3. The Morgan fingerprint density at radius 3 is 2.55 bits per heavy atom. The molecule has 1 aliphatic rings. The molecule has 3 aromatic carbocycles. The number of rotatable bonds is 7. The van der Waals surface area contributed by atoms with E-state index in [1.54, 1.807) is 55.5 Å². The Hall–Kier alpha value is -4.95. The molecular formula is C31H24ClN3O5. The van der Waals surface area contributed by atoms with E-state index in [0.717, 1.165) is 16.1 Å². The molecule has 0 saturated carbocycles. The monoisotopic (exact) mass is 553 g/mol. The number of carboxylic acids is 1. The van der Waals surface area contributed by atoms with Crippen LogP contribution in [0, 0.1) is 6.92 Å². The van der Waals surface area contributed by atoms with Gasteiger partial charge in [0.15, 0.2) is 0 Å². The number of nitrogens with one attached hydrogen (secondary N) is 1. The first-order valence-corrected chi connectivity index (χ1v) is 12.8. The third-order valence-corrected chi connectivity index (χ3v) is 6.71. The van der Waals surface area contributed by atoms with Gasteiger partial charge in [-0.15, -0.1) is 0 Å². The number of hydrazone groups is 1. The molecule has 0 saturated heterocycles. The van der Waals surface area contributed by atoms with Gasteiger partial charge in [-0.1, -0.05) is 47.5 Å². The van der Waals surface area contributed by atoms with Crippen molar-refractivity contribution in [2.45, 2.75) is 20.4 Å². The van der Waals surface area contributed by atoms with Crippen molar-refractivity contribution in [3.05, 3.63) is 117 Å². The first-order valence-electron chi connectivity index (χ1n) is 12.4. The SMILES string of the molecule is CC1=NN(c2cccc(C(=O)O)c2)C(=O)/C1=C\c1ccc(-c2ccc(Cl)c(C(=O)NCc3ccc(C)cc3)c2)o1. The lowest BCUT2D eigenvalue weighted by atomic mass is 10.1. The van der Waals surface area contributed by atoms with Crippen molar-refractivity contribution < 1.29 is 23.9 Å². The molecule has 2 amide bonds. The van der Waals surface area contributed by atoms with Crippen LogP contribution < -0.4 is 10.3 Å². The minimum Gasteiger partial charge on any atom is -0.478 e. The number of hydrogen-bond donors (Lipinski definition) is 2. The molecule has 0 radical (unpaired) electrons. The number of carbonyl (C=O) groups is 3. The summed E-state index contributed by atoms with van der Waals surface area (Å²) in [5, 5.41) is 17.9. The number of aryl methyl sites for hydroxylation is 1. The third-order valence-electron chi connectivity index (χ3n) is 6.38. The summed E-state index contributed by atoms with van der Waals surface area (Å²) >= 11 is 6.33. The van der Waals surface area contributed by atoms with E-state index in [-0.39, 0.29) is 11.5 Å². The van der Waals surface area contributed by atoms with E-state index in [0.29, 0.717) is 51.2 Å². The maximum absolute atomic E-state index is 13.1. The molecule has 2 N–H and O–H groups in total. The summed E-state index contributed by atoms with van der Waals surface area (Å²) in [6.45, 7) is 4.06. The van der Waals surface area contributed by atoms with Gasteiger partial charge < -0.3 is 14.8 Å². The molecular weight excluding hydrogens is 530 g/mol. The largest absolute Gasteiger partial charge is 0.478 e.